The third kappa shape index (κ3) is 4.50. The highest BCUT2D eigenvalue weighted by atomic mass is 32.1. The molecule has 1 aliphatic rings. The summed E-state index contributed by atoms with van der Waals surface area (Å²) in [5.74, 6) is 0.843. The Morgan fingerprint density at radius 3 is 3.00 bits per heavy atom. The van der Waals surface area contributed by atoms with Gasteiger partial charge in [-0.15, -0.1) is 11.3 Å². The molecule has 3 rings (SSSR count). The van der Waals surface area contributed by atoms with E-state index in [9.17, 15) is 10.1 Å². The van der Waals surface area contributed by atoms with Crippen molar-refractivity contribution in [2.75, 3.05) is 18.9 Å². The highest BCUT2D eigenvalue weighted by molar-refractivity contribution is 7.16. The van der Waals surface area contributed by atoms with Gasteiger partial charge < -0.3 is 9.73 Å². The number of furan rings is 1. The van der Waals surface area contributed by atoms with E-state index < -0.39 is 0 Å². The van der Waals surface area contributed by atoms with Gasteiger partial charge in [0.25, 0.3) is 0 Å². The molecule has 1 N–H and O–H groups in total. The molecule has 0 fully saturated rings. The third-order valence-corrected chi connectivity index (χ3v) is 5.72. The molecule has 0 unspecified atom stereocenters. The van der Waals surface area contributed by atoms with Crippen LogP contribution in [0.3, 0.4) is 0 Å². The van der Waals surface area contributed by atoms with Gasteiger partial charge in [-0.05, 0) is 50.4 Å². The number of hydrogen-bond donors (Lipinski definition) is 1. The molecule has 0 aliphatic heterocycles. The summed E-state index contributed by atoms with van der Waals surface area (Å²) in [7, 11) is 1.96. The van der Waals surface area contributed by atoms with Gasteiger partial charge in [-0.2, -0.15) is 5.26 Å². The molecule has 25 heavy (non-hydrogen) atoms. The van der Waals surface area contributed by atoms with E-state index >= 15 is 0 Å². The van der Waals surface area contributed by atoms with Crippen molar-refractivity contribution in [2.45, 2.75) is 45.1 Å². The third-order valence-electron chi connectivity index (χ3n) is 4.51. The number of nitrogens with zero attached hydrogens (tertiary/aromatic N) is 2. The predicted molar refractivity (Wildman–Crippen MR) is 98.6 cm³/mol. The molecule has 0 saturated carbocycles. The summed E-state index contributed by atoms with van der Waals surface area (Å²) in [5, 5.41) is 13.2. The van der Waals surface area contributed by atoms with Crippen molar-refractivity contribution in [3.63, 3.8) is 0 Å². The number of amides is 1. The van der Waals surface area contributed by atoms with E-state index in [1.165, 1.54) is 17.7 Å². The number of nitriles is 1. The van der Waals surface area contributed by atoms with Crippen molar-refractivity contribution in [3.05, 3.63) is 40.2 Å². The van der Waals surface area contributed by atoms with E-state index in [0.29, 0.717) is 25.1 Å². The smallest absolute Gasteiger partial charge is 0.226 e. The van der Waals surface area contributed by atoms with Gasteiger partial charge in [-0.25, -0.2) is 0 Å². The van der Waals surface area contributed by atoms with Crippen LogP contribution in [0.2, 0.25) is 0 Å². The molecule has 0 bridgehead atoms. The van der Waals surface area contributed by atoms with E-state index in [4.69, 9.17) is 4.42 Å². The fraction of sp³-hybridized carbons (Fsp3) is 0.474. The zero-order valence-electron chi connectivity index (χ0n) is 14.5. The van der Waals surface area contributed by atoms with Gasteiger partial charge in [0.15, 0.2) is 0 Å². The quantitative estimate of drug-likeness (QED) is 0.795. The SMILES string of the molecule is CN(CCC(=O)Nc1sc2c(c1C#N)CCCCC2)Cc1ccco1. The number of aryl methyl sites for hydroxylation is 1. The molecule has 0 saturated heterocycles. The molecule has 6 heteroatoms. The van der Waals surface area contributed by atoms with Gasteiger partial charge in [0.05, 0.1) is 18.4 Å². The van der Waals surface area contributed by atoms with Gasteiger partial charge in [0, 0.05) is 17.8 Å². The first-order chi connectivity index (χ1) is 12.2. The van der Waals surface area contributed by atoms with Gasteiger partial charge >= 0.3 is 0 Å². The normalized spacial score (nSPS) is 14.0. The molecule has 5 nitrogen and oxygen atoms in total. The van der Waals surface area contributed by atoms with Crippen LogP contribution >= 0.6 is 11.3 Å². The lowest BCUT2D eigenvalue weighted by Gasteiger charge is -2.14. The maximum absolute atomic E-state index is 12.3. The highest BCUT2D eigenvalue weighted by Crippen LogP contribution is 2.36. The summed E-state index contributed by atoms with van der Waals surface area (Å²) in [6.45, 7) is 1.32. The van der Waals surface area contributed by atoms with Crippen molar-refractivity contribution in [1.82, 2.24) is 4.90 Å². The van der Waals surface area contributed by atoms with Crippen LogP contribution in [0.5, 0.6) is 0 Å². The lowest BCUT2D eigenvalue weighted by atomic mass is 10.1. The molecule has 0 atom stereocenters. The highest BCUT2D eigenvalue weighted by Gasteiger charge is 2.21. The lowest BCUT2D eigenvalue weighted by Crippen LogP contribution is -2.23. The number of carbonyl (C=O) groups is 1. The van der Waals surface area contributed by atoms with Crippen LogP contribution in [0.4, 0.5) is 5.00 Å². The number of nitrogens with one attached hydrogen (secondary N) is 1. The van der Waals surface area contributed by atoms with Gasteiger partial charge in [-0.1, -0.05) is 6.42 Å². The molecule has 2 aromatic rings. The minimum atomic E-state index is -0.0424. The van der Waals surface area contributed by atoms with Crippen molar-refractivity contribution in [1.29, 1.82) is 5.26 Å². The van der Waals surface area contributed by atoms with E-state index in [1.54, 1.807) is 17.6 Å². The Morgan fingerprint density at radius 1 is 1.40 bits per heavy atom. The Bertz CT molecular complexity index is 758. The van der Waals surface area contributed by atoms with Crippen LogP contribution < -0.4 is 5.32 Å². The van der Waals surface area contributed by atoms with E-state index in [2.05, 4.69) is 11.4 Å². The van der Waals surface area contributed by atoms with Crippen LogP contribution in [0.1, 0.15) is 47.4 Å². The minimum absolute atomic E-state index is 0.0424. The molecule has 0 spiro atoms. The Labute approximate surface area is 152 Å². The standard InChI is InChI=1S/C19H23N3O2S/c1-22(13-14-6-5-11-24-14)10-9-18(23)21-19-16(12-20)15-7-3-2-4-8-17(15)25-19/h5-6,11H,2-4,7-10,13H2,1H3,(H,21,23). The second kappa shape index (κ2) is 8.32. The number of hydrogen-bond acceptors (Lipinski definition) is 5. The first-order valence-corrected chi connectivity index (χ1v) is 9.54. The van der Waals surface area contributed by atoms with Crippen LogP contribution in [-0.4, -0.2) is 24.4 Å². The van der Waals surface area contributed by atoms with Gasteiger partial charge in [-0.3, -0.25) is 9.69 Å². The van der Waals surface area contributed by atoms with Gasteiger partial charge in [0.2, 0.25) is 5.91 Å². The zero-order valence-corrected chi connectivity index (χ0v) is 15.3. The molecular weight excluding hydrogens is 334 g/mol. The summed E-state index contributed by atoms with van der Waals surface area (Å²) in [6, 6.07) is 6.09. The van der Waals surface area contributed by atoms with Crippen LogP contribution in [0.15, 0.2) is 22.8 Å². The number of rotatable bonds is 6. The Hall–Kier alpha value is -2.10. The van der Waals surface area contributed by atoms with Crippen molar-refractivity contribution < 1.29 is 9.21 Å². The number of carbonyl (C=O) groups excluding carboxylic acids is 1. The Morgan fingerprint density at radius 2 is 2.24 bits per heavy atom. The van der Waals surface area contributed by atoms with Gasteiger partial charge in [0.1, 0.15) is 16.8 Å². The average molecular weight is 357 g/mol. The summed E-state index contributed by atoms with van der Waals surface area (Å²) in [5.41, 5.74) is 1.84. The molecule has 0 aromatic carbocycles. The summed E-state index contributed by atoms with van der Waals surface area (Å²) < 4.78 is 5.32. The zero-order chi connectivity index (χ0) is 17.6. The fourth-order valence-corrected chi connectivity index (χ4v) is 4.43. The molecule has 132 valence electrons. The number of anilines is 1. The number of fused-ring (bicyclic) bond motifs is 1. The van der Waals surface area contributed by atoms with Crippen molar-refractivity contribution in [2.24, 2.45) is 0 Å². The first kappa shape index (κ1) is 17.7. The predicted octanol–water partition coefficient (Wildman–Crippen LogP) is 3.94. The van der Waals surface area contributed by atoms with E-state index in [0.717, 1.165) is 35.6 Å². The molecule has 1 aliphatic carbocycles. The molecular formula is C19H23N3O2S. The van der Waals surface area contributed by atoms with Crippen LogP contribution in [0.25, 0.3) is 0 Å². The van der Waals surface area contributed by atoms with E-state index in [-0.39, 0.29) is 5.91 Å². The fourth-order valence-electron chi connectivity index (χ4n) is 3.18. The summed E-state index contributed by atoms with van der Waals surface area (Å²) in [6.07, 6.45) is 7.54. The molecule has 0 radical (unpaired) electrons. The lowest BCUT2D eigenvalue weighted by molar-refractivity contribution is -0.116. The van der Waals surface area contributed by atoms with Crippen LogP contribution in [-0.2, 0) is 24.2 Å². The maximum atomic E-state index is 12.3. The first-order valence-electron chi connectivity index (χ1n) is 8.73. The topological polar surface area (TPSA) is 69.3 Å². The Balaban J connectivity index is 1.57. The van der Waals surface area contributed by atoms with Crippen LogP contribution in [0, 0.1) is 11.3 Å². The number of thiophene rings is 1. The minimum Gasteiger partial charge on any atom is -0.468 e. The molecule has 2 heterocycles. The van der Waals surface area contributed by atoms with E-state index in [1.807, 2.05) is 24.1 Å². The molecule has 1 amide bonds. The van der Waals surface area contributed by atoms with Crippen molar-refractivity contribution in [3.8, 4) is 6.07 Å². The second-order valence-electron chi connectivity index (χ2n) is 6.50. The monoisotopic (exact) mass is 357 g/mol. The average Bonchev–Trinajstić information content (AvgIpc) is 3.14. The maximum Gasteiger partial charge on any atom is 0.226 e. The largest absolute Gasteiger partial charge is 0.468 e. The summed E-state index contributed by atoms with van der Waals surface area (Å²) >= 11 is 1.58. The second-order valence-corrected chi connectivity index (χ2v) is 7.60. The Kier molecular flexibility index (Phi) is 5.90. The summed E-state index contributed by atoms with van der Waals surface area (Å²) in [4.78, 5) is 15.6. The van der Waals surface area contributed by atoms with Crippen molar-refractivity contribution >= 4 is 22.2 Å². The molecule has 2 aromatic heterocycles.